The Labute approximate surface area is 154 Å². The summed E-state index contributed by atoms with van der Waals surface area (Å²) in [5.74, 6) is -0.470. The summed E-state index contributed by atoms with van der Waals surface area (Å²) >= 11 is 1.34. The number of carbonyl (C=O) groups is 1. The quantitative estimate of drug-likeness (QED) is 0.299. The van der Waals surface area contributed by atoms with E-state index in [-0.39, 0.29) is 29.5 Å². The van der Waals surface area contributed by atoms with E-state index in [1.54, 1.807) is 6.07 Å². The van der Waals surface area contributed by atoms with Crippen LogP contribution in [0, 0.1) is 11.3 Å². The molecule has 0 aliphatic heterocycles. The van der Waals surface area contributed by atoms with Gasteiger partial charge in [0.15, 0.2) is 11.6 Å². The fourth-order valence-corrected chi connectivity index (χ4v) is 2.96. The van der Waals surface area contributed by atoms with Gasteiger partial charge < -0.3 is 14.8 Å². The van der Waals surface area contributed by atoms with Crippen LogP contribution in [-0.4, -0.2) is 33.4 Å². The normalized spacial score (nSPS) is 11.7. The Morgan fingerprint density at radius 2 is 1.92 bits per heavy atom. The molecule has 130 valence electrons. The zero-order valence-corrected chi connectivity index (χ0v) is 14.5. The van der Waals surface area contributed by atoms with Gasteiger partial charge in [-0.25, -0.2) is 4.98 Å². The monoisotopic (exact) mass is 365 g/mol. The number of fused-ring (bicyclic) bond motifs is 1. The van der Waals surface area contributed by atoms with Crippen LogP contribution < -0.4 is 0 Å². The van der Waals surface area contributed by atoms with Gasteiger partial charge in [0.25, 0.3) is 0 Å². The van der Waals surface area contributed by atoms with Gasteiger partial charge in [0.05, 0.1) is 16.8 Å². The third-order valence-electron chi connectivity index (χ3n) is 3.50. The van der Waals surface area contributed by atoms with Gasteiger partial charge in [-0.3, -0.25) is 4.79 Å². The summed E-state index contributed by atoms with van der Waals surface area (Å²) in [7, 11) is 0. The van der Waals surface area contributed by atoms with Crippen molar-refractivity contribution >= 4 is 34.3 Å². The first kappa shape index (κ1) is 17.6. The summed E-state index contributed by atoms with van der Waals surface area (Å²) in [6.07, 6.45) is 0. The van der Waals surface area contributed by atoms with Crippen LogP contribution in [-0.2, 0) is 9.53 Å². The minimum atomic E-state index is -0.479. The van der Waals surface area contributed by atoms with E-state index in [1.165, 1.54) is 11.8 Å². The SMILES string of the molecule is N#C/C(=C(/O)COC(=O)CSc1ccccc1)c1nc2ccccc2[nH]1. The van der Waals surface area contributed by atoms with Crippen LogP contribution in [0.4, 0.5) is 0 Å². The maximum Gasteiger partial charge on any atom is 0.316 e. The van der Waals surface area contributed by atoms with Gasteiger partial charge in [0.2, 0.25) is 0 Å². The number of benzene rings is 2. The standard InChI is InChI=1S/C19H15N3O3S/c20-10-14(19-21-15-8-4-5-9-16(15)22-19)17(23)11-25-18(24)12-26-13-6-2-1-3-7-13/h1-9,23H,11-12H2,(H,21,22)/b17-14-. The van der Waals surface area contributed by atoms with Crippen molar-refractivity contribution < 1.29 is 14.6 Å². The smallest absolute Gasteiger partial charge is 0.316 e. The van der Waals surface area contributed by atoms with Gasteiger partial charge in [-0.15, -0.1) is 11.8 Å². The molecule has 0 unspecified atom stereocenters. The number of aromatic amines is 1. The molecule has 3 aromatic rings. The van der Waals surface area contributed by atoms with Gasteiger partial charge in [0.1, 0.15) is 18.2 Å². The summed E-state index contributed by atoms with van der Waals surface area (Å²) in [6, 6.07) is 18.6. The second-order valence-corrected chi connectivity index (χ2v) is 6.35. The Hall–Kier alpha value is -3.24. The van der Waals surface area contributed by atoms with E-state index in [4.69, 9.17) is 4.74 Å². The first-order valence-corrected chi connectivity index (χ1v) is 8.76. The predicted octanol–water partition coefficient (Wildman–Crippen LogP) is 3.69. The van der Waals surface area contributed by atoms with Crippen LogP contribution in [0.2, 0.25) is 0 Å². The summed E-state index contributed by atoms with van der Waals surface area (Å²) in [6.45, 7) is -0.381. The number of ether oxygens (including phenoxy) is 1. The molecule has 0 amide bonds. The van der Waals surface area contributed by atoms with Crippen LogP contribution >= 0.6 is 11.8 Å². The highest BCUT2D eigenvalue weighted by atomic mass is 32.2. The van der Waals surface area contributed by atoms with E-state index in [1.807, 2.05) is 54.6 Å². The molecule has 0 fully saturated rings. The number of para-hydroxylation sites is 2. The molecule has 0 aliphatic rings. The lowest BCUT2D eigenvalue weighted by molar-refractivity contribution is -0.140. The fourth-order valence-electron chi connectivity index (χ4n) is 2.25. The molecule has 6 nitrogen and oxygen atoms in total. The van der Waals surface area contributed by atoms with Crippen molar-refractivity contribution in [2.75, 3.05) is 12.4 Å². The first-order chi connectivity index (χ1) is 12.7. The molecule has 7 heteroatoms. The third-order valence-corrected chi connectivity index (χ3v) is 4.48. The molecule has 1 aromatic heterocycles. The predicted molar refractivity (Wildman–Crippen MR) is 99.4 cm³/mol. The van der Waals surface area contributed by atoms with Gasteiger partial charge in [-0.05, 0) is 24.3 Å². The van der Waals surface area contributed by atoms with Crippen LogP contribution in [0.1, 0.15) is 5.82 Å². The van der Waals surface area contributed by atoms with E-state index in [0.29, 0.717) is 5.52 Å². The number of esters is 1. The van der Waals surface area contributed by atoms with Gasteiger partial charge >= 0.3 is 5.97 Å². The number of aliphatic hydroxyl groups is 1. The number of thioether (sulfide) groups is 1. The molecule has 1 heterocycles. The number of imidazole rings is 1. The zero-order valence-electron chi connectivity index (χ0n) is 13.7. The Bertz CT molecular complexity index is 957. The Morgan fingerprint density at radius 3 is 2.65 bits per heavy atom. The van der Waals surface area contributed by atoms with Crippen LogP contribution in [0.3, 0.4) is 0 Å². The number of carbonyl (C=O) groups excluding carboxylic acids is 1. The second kappa shape index (κ2) is 8.23. The van der Waals surface area contributed by atoms with Crippen LogP contribution in [0.15, 0.2) is 65.3 Å². The second-order valence-electron chi connectivity index (χ2n) is 5.30. The van der Waals surface area contributed by atoms with Gasteiger partial charge in [-0.2, -0.15) is 5.26 Å². The Morgan fingerprint density at radius 1 is 1.19 bits per heavy atom. The molecule has 0 saturated heterocycles. The molecule has 2 N–H and O–H groups in total. The molecule has 0 spiro atoms. The number of aliphatic hydroxyl groups excluding tert-OH is 1. The largest absolute Gasteiger partial charge is 0.507 e. The van der Waals surface area contributed by atoms with E-state index in [0.717, 1.165) is 10.4 Å². The number of nitriles is 1. The van der Waals surface area contributed by atoms with E-state index in [2.05, 4.69) is 9.97 Å². The minimum absolute atomic E-state index is 0.0512. The van der Waals surface area contributed by atoms with Crippen molar-refractivity contribution in [3.8, 4) is 6.07 Å². The maximum absolute atomic E-state index is 11.8. The number of nitrogens with zero attached hydrogens (tertiary/aromatic N) is 2. The molecule has 0 radical (unpaired) electrons. The lowest BCUT2D eigenvalue weighted by atomic mass is 10.2. The maximum atomic E-state index is 11.8. The van der Waals surface area contributed by atoms with Crippen molar-refractivity contribution in [2.45, 2.75) is 4.90 Å². The molecule has 3 rings (SSSR count). The molecule has 0 bridgehead atoms. The Kier molecular flexibility index (Phi) is 5.56. The van der Waals surface area contributed by atoms with Gasteiger partial charge in [0, 0.05) is 4.90 Å². The lowest BCUT2D eigenvalue weighted by Crippen LogP contribution is -2.11. The molecule has 0 atom stereocenters. The van der Waals surface area contributed by atoms with Crippen molar-refractivity contribution in [3.63, 3.8) is 0 Å². The molecular weight excluding hydrogens is 350 g/mol. The Balaban J connectivity index is 1.63. The molecule has 0 saturated carbocycles. The number of allylic oxidation sites excluding steroid dienone is 1. The number of hydrogen-bond acceptors (Lipinski definition) is 6. The highest BCUT2D eigenvalue weighted by Gasteiger charge is 2.15. The van der Waals surface area contributed by atoms with E-state index < -0.39 is 5.97 Å². The van der Waals surface area contributed by atoms with Crippen LogP contribution in [0.5, 0.6) is 0 Å². The first-order valence-electron chi connectivity index (χ1n) is 7.78. The molecular formula is C19H15N3O3S. The lowest BCUT2D eigenvalue weighted by Gasteiger charge is -2.05. The molecule has 26 heavy (non-hydrogen) atoms. The van der Waals surface area contributed by atoms with Crippen LogP contribution in [0.25, 0.3) is 16.6 Å². The van der Waals surface area contributed by atoms with Crippen molar-refractivity contribution in [1.29, 1.82) is 5.26 Å². The average molecular weight is 365 g/mol. The topological polar surface area (TPSA) is 99.0 Å². The van der Waals surface area contributed by atoms with Crippen molar-refractivity contribution in [3.05, 3.63) is 66.2 Å². The number of hydrogen-bond donors (Lipinski definition) is 2. The molecule has 0 aliphatic carbocycles. The summed E-state index contributed by atoms with van der Waals surface area (Å²) < 4.78 is 5.04. The van der Waals surface area contributed by atoms with E-state index >= 15 is 0 Å². The number of nitrogens with one attached hydrogen (secondary N) is 1. The summed E-state index contributed by atoms with van der Waals surface area (Å²) in [5.41, 5.74) is 1.38. The van der Waals surface area contributed by atoms with Crippen molar-refractivity contribution in [1.82, 2.24) is 9.97 Å². The number of aromatic nitrogens is 2. The van der Waals surface area contributed by atoms with Crippen molar-refractivity contribution in [2.24, 2.45) is 0 Å². The summed E-state index contributed by atoms with van der Waals surface area (Å²) in [5, 5.41) is 19.5. The fraction of sp³-hybridized carbons (Fsp3) is 0.105. The number of rotatable bonds is 6. The highest BCUT2D eigenvalue weighted by molar-refractivity contribution is 8.00. The number of H-pyrrole nitrogens is 1. The average Bonchev–Trinajstić information content (AvgIpc) is 3.09. The highest BCUT2D eigenvalue weighted by Crippen LogP contribution is 2.20. The van der Waals surface area contributed by atoms with E-state index in [9.17, 15) is 15.2 Å². The zero-order chi connectivity index (χ0) is 18.4. The minimum Gasteiger partial charge on any atom is -0.507 e. The third kappa shape index (κ3) is 4.23. The van der Waals surface area contributed by atoms with Gasteiger partial charge in [-0.1, -0.05) is 30.3 Å². The summed E-state index contributed by atoms with van der Waals surface area (Å²) in [4.78, 5) is 20.0. The molecule has 2 aromatic carbocycles.